The van der Waals surface area contributed by atoms with Crippen molar-refractivity contribution < 1.29 is 19.4 Å². The van der Waals surface area contributed by atoms with Crippen LogP contribution in [0.1, 0.15) is 30.4 Å². The number of rotatable bonds is 5. The number of carbonyl (C=O) groups is 2. The summed E-state index contributed by atoms with van der Waals surface area (Å²) in [5.74, 6) is -0.940. The van der Waals surface area contributed by atoms with Crippen molar-refractivity contribution in [3.63, 3.8) is 0 Å². The van der Waals surface area contributed by atoms with Gasteiger partial charge in [0, 0.05) is 6.04 Å². The molecule has 0 heterocycles. The van der Waals surface area contributed by atoms with Gasteiger partial charge in [0.2, 0.25) is 0 Å². The third-order valence-corrected chi connectivity index (χ3v) is 4.03. The van der Waals surface area contributed by atoms with Gasteiger partial charge in [0.15, 0.2) is 6.61 Å². The summed E-state index contributed by atoms with van der Waals surface area (Å²) >= 11 is 0. The molecule has 1 aromatic rings. The molecule has 0 radical (unpaired) electrons. The van der Waals surface area contributed by atoms with Crippen molar-refractivity contribution in [2.75, 3.05) is 6.61 Å². The molecule has 0 spiro atoms. The summed E-state index contributed by atoms with van der Waals surface area (Å²) in [6, 6.07) is 5.38. The van der Waals surface area contributed by atoms with E-state index in [0.717, 1.165) is 12.0 Å². The van der Waals surface area contributed by atoms with E-state index in [9.17, 15) is 9.59 Å². The molecule has 1 fully saturated rings. The third-order valence-electron chi connectivity index (χ3n) is 4.03. The molecule has 1 amide bonds. The lowest BCUT2D eigenvalue weighted by molar-refractivity contribution is -0.142. The highest BCUT2D eigenvalue weighted by molar-refractivity contribution is 5.79. The van der Waals surface area contributed by atoms with Crippen LogP contribution in [0.25, 0.3) is 0 Å². The fourth-order valence-electron chi connectivity index (χ4n) is 2.63. The molecule has 0 aliphatic heterocycles. The first kappa shape index (κ1) is 15.4. The van der Waals surface area contributed by atoms with Crippen molar-refractivity contribution >= 4 is 11.9 Å². The van der Waals surface area contributed by atoms with E-state index in [1.54, 1.807) is 0 Å². The minimum atomic E-state index is -0.840. The highest BCUT2D eigenvalue weighted by atomic mass is 16.5. The average Bonchev–Trinajstić information content (AvgIpc) is 2.88. The molecule has 2 N–H and O–H groups in total. The number of nitrogens with one attached hydrogen (secondary N) is 1. The Balaban J connectivity index is 1.84. The number of aryl methyl sites for hydroxylation is 2. The highest BCUT2D eigenvalue weighted by Gasteiger charge is 2.33. The summed E-state index contributed by atoms with van der Waals surface area (Å²) in [7, 11) is 0. The van der Waals surface area contributed by atoms with Crippen molar-refractivity contribution in [3.05, 3.63) is 29.3 Å². The standard InChI is InChI=1S/C16H21NO4/c1-10-6-7-12(8-11(10)2)21-9-15(18)17-14-5-3-4-13(14)16(19)20/h6-8,13-14H,3-5,9H2,1-2H3,(H,17,18)(H,19,20). The Morgan fingerprint density at radius 2 is 2.05 bits per heavy atom. The van der Waals surface area contributed by atoms with Crippen LogP contribution in [0.2, 0.25) is 0 Å². The quantitative estimate of drug-likeness (QED) is 0.870. The number of aliphatic carboxylic acids is 1. The molecule has 1 aliphatic carbocycles. The predicted octanol–water partition coefficient (Wildman–Crippen LogP) is 2.05. The van der Waals surface area contributed by atoms with E-state index < -0.39 is 11.9 Å². The van der Waals surface area contributed by atoms with Crippen molar-refractivity contribution in [1.82, 2.24) is 5.32 Å². The molecule has 2 rings (SSSR count). The molecule has 1 saturated carbocycles. The van der Waals surface area contributed by atoms with Crippen LogP contribution in [-0.2, 0) is 9.59 Å². The van der Waals surface area contributed by atoms with Crippen LogP contribution in [0.4, 0.5) is 0 Å². The van der Waals surface area contributed by atoms with Gasteiger partial charge >= 0.3 is 5.97 Å². The molecule has 0 aromatic heterocycles. The minimum Gasteiger partial charge on any atom is -0.484 e. The zero-order valence-electron chi connectivity index (χ0n) is 12.4. The van der Waals surface area contributed by atoms with E-state index in [1.165, 1.54) is 5.56 Å². The first-order valence-corrected chi connectivity index (χ1v) is 7.19. The number of carboxylic acid groups (broad SMARTS) is 1. The van der Waals surface area contributed by atoms with Gasteiger partial charge in [0.25, 0.3) is 5.91 Å². The van der Waals surface area contributed by atoms with E-state index in [1.807, 2.05) is 32.0 Å². The lowest BCUT2D eigenvalue weighted by Crippen LogP contribution is -2.42. The number of carboxylic acids is 1. The molecular weight excluding hydrogens is 270 g/mol. The lowest BCUT2D eigenvalue weighted by atomic mass is 10.0. The number of hydrogen-bond donors (Lipinski definition) is 2. The van der Waals surface area contributed by atoms with Gasteiger partial charge in [-0.1, -0.05) is 12.5 Å². The summed E-state index contributed by atoms with van der Waals surface area (Å²) in [5.41, 5.74) is 2.27. The van der Waals surface area contributed by atoms with Crippen LogP contribution >= 0.6 is 0 Å². The smallest absolute Gasteiger partial charge is 0.308 e. The zero-order valence-corrected chi connectivity index (χ0v) is 12.4. The Morgan fingerprint density at radius 1 is 1.29 bits per heavy atom. The van der Waals surface area contributed by atoms with Gasteiger partial charge in [0.05, 0.1) is 5.92 Å². The van der Waals surface area contributed by atoms with Crippen molar-refractivity contribution in [2.24, 2.45) is 5.92 Å². The molecule has 2 atom stereocenters. The first-order chi connectivity index (χ1) is 9.97. The molecule has 5 heteroatoms. The van der Waals surface area contributed by atoms with E-state index in [0.29, 0.717) is 18.6 Å². The van der Waals surface area contributed by atoms with Crippen LogP contribution < -0.4 is 10.1 Å². The van der Waals surface area contributed by atoms with Gasteiger partial charge in [0.1, 0.15) is 5.75 Å². The van der Waals surface area contributed by atoms with Crippen LogP contribution in [0, 0.1) is 19.8 Å². The van der Waals surface area contributed by atoms with Crippen LogP contribution in [0.3, 0.4) is 0 Å². The monoisotopic (exact) mass is 291 g/mol. The van der Waals surface area contributed by atoms with E-state index in [4.69, 9.17) is 9.84 Å². The molecule has 114 valence electrons. The lowest BCUT2D eigenvalue weighted by Gasteiger charge is -2.17. The summed E-state index contributed by atoms with van der Waals surface area (Å²) < 4.78 is 5.45. The maximum atomic E-state index is 11.9. The van der Waals surface area contributed by atoms with Crippen LogP contribution in [0.15, 0.2) is 18.2 Å². The molecular formula is C16H21NO4. The van der Waals surface area contributed by atoms with Crippen molar-refractivity contribution in [2.45, 2.75) is 39.2 Å². The van der Waals surface area contributed by atoms with Gasteiger partial charge in [-0.2, -0.15) is 0 Å². The molecule has 1 aliphatic rings. The Labute approximate surface area is 124 Å². The summed E-state index contributed by atoms with van der Waals surface area (Å²) in [5, 5.41) is 11.8. The second kappa shape index (κ2) is 6.61. The average molecular weight is 291 g/mol. The van der Waals surface area contributed by atoms with Crippen LogP contribution in [0.5, 0.6) is 5.75 Å². The first-order valence-electron chi connectivity index (χ1n) is 7.19. The van der Waals surface area contributed by atoms with Crippen LogP contribution in [-0.4, -0.2) is 29.6 Å². The number of benzene rings is 1. The molecule has 1 aromatic carbocycles. The highest BCUT2D eigenvalue weighted by Crippen LogP contribution is 2.25. The normalized spacial score (nSPS) is 21.0. The molecule has 5 nitrogen and oxygen atoms in total. The Morgan fingerprint density at radius 3 is 2.71 bits per heavy atom. The van der Waals surface area contributed by atoms with Gasteiger partial charge in [-0.15, -0.1) is 0 Å². The predicted molar refractivity (Wildman–Crippen MR) is 78.3 cm³/mol. The third kappa shape index (κ3) is 3.97. The maximum absolute atomic E-state index is 11.9. The number of carbonyl (C=O) groups excluding carboxylic acids is 1. The fourth-order valence-corrected chi connectivity index (χ4v) is 2.63. The molecule has 21 heavy (non-hydrogen) atoms. The topological polar surface area (TPSA) is 75.6 Å². The van der Waals surface area contributed by atoms with Gasteiger partial charge in [-0.3, -0.25) is 9.59 Å². The second-order valence-electron chi connectivity index (χ2n) is 5.58. The maximum Gasteiger partial charge on any atom is 0.308 e. The van der Waals surface area contributed by atoms with E-state index >= 15 is 0 Å². The minimum absolute atomic E-state index is 0.0919. The molecule has 0 bridgehead atoms. The summed E-state index contributed by atoms with van der Waals surface area (Å²) in [4.78, 5) is 22.9. The van der Waals surface area contributed by atoms with Crippen molar-refractivity contribution in [3.8, 4) is 5.75 Å². The number of ether oxygens (including phenoxy) is 1. The van der Waals surface area contributed by atoms with Gasteiger partial charge in [-0.05, 0) is 49.9 Å². The van der Waals surface area contributed by atoms with Gasteiger partial charge < -0.3 is 15.2 Å². The Hall–Kier alpha value is -2.04. The van der Waals surface area contributed by atoms with Gasteiger partial charge in [-0.25, -0.2) is 0 Å². The molecule has 0 saturated heterocycles. The fraction of sp³-hybridized carbons (Fsp3) is 0.500. The second-order valence-corrected chi connectivity index (χ2v) is 5.58. The number of hydrogen-bond acceptors (Lipinski definition) is 3. The van der Waals surface area contributed by atoms with E-state index in [-0.39, 0.29) is 18.6 Å². The molecule has 2 unspecified atom stereocenters. The van der Waals surface area contributed by atoms with Crippen molar-refractivity contribution in [1.29, 1.82) is 0 Å². The SMILES string of the molecule is Cc1ccc(OCC(=O)NC2CCCC2C(=O)O)cc1C. The summed E-state index contributed by atoms with van der Waals surface area (Å²) in [6.07, 6.45) is 2.17. The summed E-state index contributed by atoms with van der Waals surface area (Å²) in [6.45, 7) is 3.90. The number of amides is 1. The Bertz CT molecular complexity index is 541. The largest absolute Gasteiger partial charge is 0.484 e. The Kier molecular flexibility index (Phi) is 4.83. The zero-order chi connectivity index (χ0) is 15.4. The van der Waals surface area contributed by atoms with E-state index in [2.05, 4.69) is 5.32 Å².